The molecule has 1 aliphatic heterocycles. The third-order valence-electron chi connectivity index (χ3n) is 16.2. The summed E-state index contributed by atoms with van der Waals surface area (Å²) in [5.41, 5.74) is 10.1. The summed E-state index contributed by atoms with van der Waals surface area (Å²) < 4.78 is 32.7. The second-order valence-corrected chi connectivity index (χ2v) is 22.9. The summed E-state index contributed by atoms with van der Waals surface area (Å²) in [6, 6.07) is -5.71. The second-order valence-electron chi connectivity index (χ2n) is 22.9. The van der Waals surface area contributed by atoms with Gasteiger partial charge in [0.2, 0.25) is 71.4 Å². The van der Waals surface area contributed by atoms with Crippen molar-refractivity contribution in [2.45, 2.75) is 205 Å². The molecule has 11 amide bonds. The Bertz CT molecular complexity index is 2570. The Kier molecular flexibility index (Phi) is 30.7. The molecular formula is C58H93F2N13O15. The predicted molar refractivity (Wildman–Crippen MR) is 315 cm³/mol. The van der Waals surface area contributed by atoms with E-state index in [0.29, 0.717) is 19.3 Å². The van der Waals surface area contributed by atoms with Crippen molar-refractivity contribution in [3.05, 3.63) is 35.9 Å². The van der Waals surface area contributed by atoms with Crippen LogP contribution in [0.3, 0.4) is 0 Å². The molecule has 494 valence electrons. The number of halogens is 2. The van der Waals surface area contributed by atoms with Crippen LogP contribution in [0.15, 0.2) is 30.3 Å². The van der Waals surface area contributed by atoms with Gasteiger partial charge in [0, 0.05) is 12.8 Å². The Morgan fingerprint density at radius 1 is 0.682 bits per heavy atom. The number of likely N-dealkylation sites (N-methyl/N-ethyl adjacent to an activating group) is 1. The fourth-order valence-electron chi connectivity index (χ4n) is 9.79. The number of rotatable bonds is 34. The second kappa shape index (κ2) is 36.1. The number of nitrogens with one attached hydrogen (secondary N) is 11. The predicted octanol–water partition coefficient (Wildman–Crippen LogP) is -2.81. The molecule has 2 aliphatic rings. The monoisotopic (exact) mass is 1250 g/mol. The van der Waals surface area contributed by atoms with Gasteiger partial charge in [-0.15, -0.1) is 0 Å². The molecule has 0 unspecified atom stereocenters. The highest BCUT2D eigenvalue weighted by atomic mass is 19.3. The molecule has 28 nitrogen and oxygen atoms in total. The lowest BCUT2D eigenvalue weighted by molar-refractivity contribution is -0.157. The van der Waals surface area contributed by atoms with Crippen LogP contribution in [-0.4, -0.2) is 186 Å². The minimum absolute atomic E-state index is 0.0994. The van der Waals surface area contributed by atoms with Crippen molar-refractivity contribution in [2.75, 3.05) is 26.8 Å². The van der Waals surface area contributed by atoms with Crippen molar-refractivity contribution in [1.29, 1.82) is 0 Å². The standard InChI is InChI=1S/C58H93F2N13O15/c1-10-29(4)43(53(83)68-40(28-75)52(82)71-46-33(8)88-56(86)45(31(6)12-3)72-57(87)58(26-35(58)25-41(59)60)73-47(77)32(7)64-55(46)85)70-54(84)44(30(5)11-2)69-49(79)37(21-22-42(62)76)66-51(81)39(27-74)67-48(78)36(20-16-17-23-61)65-50(80)38(63-9)24-34-18-14-13-15-19-34/h13-15,18-19,29-33,35-41,43-46,63,74-75H,10-12,16-17,20-28,61H2,1-9H3,(H2,62,76)(H,64,85)(H,65,80)(H,66,81)(H,67,78)(H,68,83)(H,69,79)(H,70,84)(H,71,82)(H,72,87)(H,73,77)/t29-,30-,31-,32-,33-,35+,36-,37+,38+,39-,40-,43-,44+,45-,46+,58+/m0/s1. The lowest BCUT2D eigenvalue weighted by Gasteiger charge is -2.31. The molecule has 1 saturated heterocycles. The van der Waals surface area contributed by atoms with Crippen LogP contribution >= 0.6 is 0 Å². The summed E-state index contributed by atoms with van der Waals surface area (Å²) >= 11 is 0. The molecule has 0 bridgehead atoms. The van der Waals surface area contributed by atoms with Crippen molar-refractivity contribution >= 4 is 70.9 Å². The number of amides is 11. The van der Waals surface area contributed by atoms with Crippen molar-refractivity contribution in [1.82, 2.24) is 58.5 Å². The molecule has 16 atom stereocenters. The maximum absolute atomic E-state index is 14.4. The van der Waals surface area contributed by atoms with Gasteiger partial charge in [-0.3, -0.25) is 52.7 Å². The third kappa shape index (κ3) is 22.0. The van der Waals surface area contributed by atoms with Gasteiger partial charge in [0.25, 0.3) is 0 Å². The zero-order chi connectivity index (χ0) is 66.2. The van der Waals surface area contributed by atoms with Gasteiger partial charge < -0.3 is 84.9 Å². The molecule has 2 fully saturated rings. The van der Waals surface area contributed by atoms with Crippen molar-refractivity contribution in [3.8, 4) is 0 Å². The highest BCUT2D eigenvalue weighted by Gasteiger charge is 2.62. The summed E-state index contributed by atoms with van der Waals surface area (Å²) in [7, 11) is 1.58. The number of aliphatic hydroxyl groups excluding tert-OH is 2. The number of benzene rings is 1. The van der Waals surface area contributed by atoms with Gasteiger partial charge in [0.1, 0.15) is 66.0 Å². The van der Waals surface area contributed by atoms with E-state index < -0.39 is 206 Å². The smallest absolute Gasteiger partial charge is 0.329 e. The molecule has 0 radical (unpaired) electrons. The Hall–Kier alpha value is -7.44. The summed E-state index contributed by atoms with van der Waals surface area (Å²) in [6.45, 7) is 10.5. The van der Waals surface area contributed by atoms with E-state index in [1.165, 1.54) is 13.8 Å². The molecule has 88 heavy (non-hydrogen) atoms. The Morgan fingerprint density at radius 2 is 1.19 bits per heavy atom. The minimum Gasteiger partial charge on any atom is -0.458 e. The number of carbonyl (C=O) groups excluding carboxylic acids is 12. The maximum Gasteiger partial charge on any atom is 0.329 e. The minimum atomic E-state index is -2.83. The third-order valence-corrected chi connectivity index (χ3v) is 16.2. The van der Waals surface area contributed by atoms with Crippen molar-refractivity contribution in [3.63, 3.8) is 0 Å². The summed E-state index contributed by atoms with van der Waals surface area (Å²) in [4.78, 5) is 165. The average Bonchev–Trinajstić information content (AvgIpc) is 1.69. The topological polar surface area (TPSA) is 439 Å². The van der Waals surface area contributed by atoms with Crippen LogP contribution in [0.1, 0.15) is 125 Å². The molecule has 0 aromatic heterocycles. The number of carbonyl (C=O) groups is 12. The largest absolute Gasteiger partial charge is 0.458 e. The van der Waals surface area contributed by atoms with E-state index in [1.54, 1.807) is 48.6 Å². The molecule has 1 heterocycles. The normalized spacial score (nSPS) is 23.0. The lowest BCUT2D eigenvalue weighted by atomic mass is 9.94. The Balaban J connectivity index is 1.85. The van der Waals surface area contributed by atoms with Gasteiger partial charge in [-0.05, 0) is 95.2 Å². The van der Waals surface area contributed by atoms with Crippen LogP contribution in [0.25, 0.3) is 0 Å². The summed E-state index contributed by atoms with van der Waals surface area (Å²) in [5.74, 6) is -14.6. The van der Waals surface area contributed by atoms with Gasteiger partial charge in [0.15, 0.2) is 0 Å². The average molecular weight is 1250 g/mol. The zero-order valence-electron chi connectivity index (χ0n) is 51.6. The first kappa shape index (κ1) is 74.8. The van der Waals surface area contributed by atoms with Gasteiger partial charge >= 0.3 is 5.97 Å². The fraction of sp³-hybridized carbons (Fsp3) is 0.690. The Labute approximate surface area is 511 Å². The van der Waals surface area contributed by atoms with Crippen LogP contribution in [0.4, 0.5) is 8.78 Å². The van der Waals surface area contributed by atoms with Crippen molar-refractivity contribution < 1.29 is 81.3 Å². The lowest BCUT2D eigenvalue weighted by Crippen LogP contribution is -2.63. The van der Waals surface area contributed by atoms with E-state index in [2.05, 4.69) is 58.5 Å². The van der Waals surface area contributed by atoms with Crippen LogP contribution in [0.2, 0.25) is 0 Å². The molecule has 1 saturated carbocycles. The number of primary amides is 1. The van der Waals surface area contributed by atoms with E-state index in [0.717, 1.165) is 5.56 Å². The number of ether oxygens (including phenoxy) is 1. The first-order valence-corrected chi connectivity index (χ1v) is 30.0. The number of cyclic esters (lactones) is 1. The van der Waals surface area contributed by atoms with Crippen LogP contribution in [0, 0.1) is 23.7 Å². The van der Waals surface area contributed by atoms with Gasteiger partial charge in [-0.25, -0.2) is 13.6 Å². The van der Waals surface area contributed by atoms with Gasteiger partial charge in [-0.2, -0.15) is 0 Å². The van der Waals surface area contributed by atoms with Crippen LogP contribution in [-0.2, 0) is 68.7 Å². The fourth-order valence-corrected chi connectivity index (χ4v) is 9.79. The Morgan fingerprint density at radius 3 is 1.73 bits per heavy atom. The van der Waals surface area contributed by atoms with Crippen LogP contribution < -0.4 is 70.0 Å². The number of esters is 1. The first-order chi connectivity index (χ1) is 41.6. The van der Waals surface area contributed by atoms with Crippen molar-refractivity contribution in [2.24, 2.45) is 35.1 Å². The first-order valence-electron chi connectivity index (χ1n) is 30.0. The SMILES string of the molecule is CC[C@H](C)[C@H](NC(=O)[C@H](NC(=O)[C@@H](CCC(N)=O)NC(=O)[C@H](CO)NC(=O)[C@H](CCCCN)NC(=O)[C@@H](Cc1ccccc1)NC)[C@@H](C)CC)C(=O)N[C@@H](CO)C(=O)N[C@H]1C(=O)N[C@@H](C)C(=O)N[C@@]2(C[C@H]2CC(F)F)C(=O)N[C@@H]([C@@H](C)CC)C(=O)O[C@H]1C. The number of hydrogen-bond donors (Lipinski definition) is 15. The van der Waals surface area contributed by atoms with E-state index in [4.69, 9.17) is 16.2 Å². The highest BCUT2D eigenvalue weighted by Crippen LogP contribution is 2.47. The summed E-state index contributed by atoms with van der Waals surface area (Å²) in [6.07, 6.45) is -4.19. The molecule has 1 aliphatic carbocycles. The molecule has 3 rings (SSSR count). The zero-order valence-corrected chi connectivity index (χ0v) is 51.6. The summed E-state index contributed by atoms with van der Waals surface area (Å²) in [5, 5.41) is 48.7. The number of aliphatic hydroxyl groups is 2. The number of alkyl halides is 2. The van der Waals surface area contributed by atoms with E-state index in [9.17, 15) is 76.5 Å². The van der Waals surface area contributed by atoms with Gasteiger partial charge in [0.05, 0.1) is 19.3 Å². The van der Waals surface area contributed by atoms with E-state index in [1.807, 2.05) is 30.3 Å². The molecule has 1 aromatic carbocycles. The molecule has 1 spiro atoms. The van der Waals surface area contributed by atoms with Gasteiger partial charge in [-0.1, -0.05) is 91.1 Å². The highest BCUT2D eigenvalue weighted by molar-refractivity contribution is 6.01. The molecule has 30 heteroatoms. The van der Waals surface area contributed by atoms with Crippen LogP contribution in [0.5, 0.6) is 0 Å². The number of nitrogens with two attached hydrogens (primary N) is 2. The van der Waals surface area contributed by atoms with E-state index >= 15 is 0 Å². The molecule has 17 N–H and O–H groups in total. The number of unbranched alkanes of at least 4 members (excludes halogenated alkanes) is 1. The molecule has 1 aromatic rings. The quantitative estimate of drug-likeness (QED) is 0.0245. The maximum atomic E-state index is 14.4. The van der Waals surface area contributed by atoms with E-state index in [-0.39, 0.29) is 38.6 Å². The number of hydrogen-bond acceptors (Lipinski definition) is 17. The molecular weight excluding hydrogens is 1160 g/mol.